The third-order valence-corrected chi connectivity index (χ3v) is 3.38. The smallest absolute Gasteiger partial charge is 0.0495 e. The third kappa shape index (κ3) is 3.22. The molecule has 0 bridgehead atoms. The molecule has 2 nitrogen and oxygen atoms in total. The van der Waals surface area contributed by atoms with Gasteiger partial charge in [0.1, 0.15) is 0 Å². The first-order valence-electron chi connectivity index (χ1n) is 6.64. The number of nitrogens with one attached hydrogen (secondary N) is 1. The number of rotatable bonds is 4. The molecular formula is C17H22N2. The average Bonchev–Trinajstić information content (AvgIpc) is 2.40. The number of nitrogens with two attached hydrogens (primary N) is 1. The maximum absolute atomic E-state index is 6.21. The van der Waals surface area contributed by atoms with Gasteiger partial charge in [0.05, 0.1) is 0 Å². The van der Waals surface area contributed by atoms with E-state index in [2.05, 4.69) is 53.8 Å². The molecule has 2 aromatic rings. The third-order valence-electron chi connectivity index (χ3n) is 3.38. The Bertz CT molecular complexity index is 509. The number of hydrogen-bond acceptors (Lipinski definition) is 2. The number of benzene rings is 2. The lowest BCUT2D eigenvalue weighted by Gasteiger charge is -2.30. The van der Waals surface area contributed by atoms with Crippen molar-refractivity contribution in [1.82, 2.24) is 5.32 Å². The van der Waals surface area contributed by atoms with Gasteiger partial charge in [0, 0.05) is 11.6 Å². The van der Waals surface area contributed by atoms with Crippen LogP contribution >= 0.6 is 0 Å². The molecule has 100 valence electrons. The average molecular weight is 254 g/mol. The Hall–Kier alpha value is -1.64. The number of hydrogen-bond donors (Lipinski definition) is 2. The summed E-state index contributed by atoms with van der Waals surface area (Å²) in [6.07, 6.45) is 0. The highest BCUT2D eigenvalue weighted by molar-refractivity contribution is 5.63. The molecule has 1 atom stereocenters. The Balaban J connectivity index is 2.28. The van der Waals surface area contributed by atoms with Crippen LogP contribution in [0.4, 0.5) is 0 Å². The van der Waals surface area contributed by atoms with Gasteiger partial charge in [-0.1, -0.05) is 54.6 Å². The second-order valence-electron chi connectivity index (χ2n) is 5.53. The molecule has 0 amide bonds. The molecule has 2 rings (SSSR count). The van der Waals surface area contributed by atoms with E-state index < -0.39 is 0 Å². The molecule has 2 heteroatoms. The molecule has 0 radical (unpaired) electrons. The summed E-state index contributed by atoms with van der Waals surface area (Å²) >= 11 is 0. The van der Waals surface area contributed by atoms with Crippen molar-refractivity contribution in [1.29, 1.82) is 0 Å². The largest absolute Gasteiger partial charge is 0.324 e. The zero-order valence-corrected chi connectivity index (χ0v) is 11.9. The van der Waals surface area contributed by atoms with Crippen LogP contribution < -0.4 is 11.1 Å². The van der Waals surface area contributed by atoms with Gasteiger partial charge in [-0.3, -0.25) is 0 Å². The SMILES string of the molecule is CNC(c1ccc(-c2ccccc2)cc1)C(C)(C)N. The lowest BCUT2D eigenvalue weighted by molar-refractivity contribution is 0.370. The van der Waals surface area contributed by atoms with E-state index in [1.807, 2.05) is 27.0 Å². The van der Waals surface area contributed by atoms with Gasteiger partial charge in [0.2, 0.25) is 0 Å². The van der Waals surface area contributed by atoms with Crippen LogP contribution in [-0.4, -0.2) is 12.6 Å². The molecule has 0 saturated carbocycles. The summed E-state index contributed by atoms with van der Waals surface area (Å²) in [5.74, 6) is 0. The minimum absolute atomic E-state index is 0.150. The van der Waals surface area contributed by atoms with Gasteiger partial charge < -0.3 is 11.1 Å². The predicted octanol–water partition coefficient (Wildman–Crippen LogP) is 3.35. The summed E-state index contributed by atoms with van der Waals surface area (Å²) in [6, 6.07) is 19.2. The van der Waals surface area contributed by atoms with Crippen LogP contribution in [0.5, 0.6) is 0 Å². The Morgan fingerprint density at radius 2 is 1.42 bits per heavy atom. The van der Waals surface area contributed by atoms with Crippen molar-refractivity contribution < 1.29 is 0 Å². The first-order valence-corrected chi connectivity index (χ1v) is 6.64. The van der Waals surface area contributed by atoms with Crippen LogP contribution in [-0.2, 0) is 0 Å². The van der Waals surface area contributed by atoms with Crippen molar-refractivity contribution in [2.45, 2.75) is 25.4 Å². The van der Waals surface area contributed by atoms with Crippen molar-refractivity contribution in [3.63, 3.8) is 0 Å². The summed E-state index contributed by atoms with van der Waals surface area (Å²) in [7, 11) is 1.95. The van der Waals surface area contributed by atoms with Crippen molar-refractivity contribution in [2.24, 2.45) is 5.73 Å². The normalized spacial score (nSPS) is 13.3. The predicted molar refractivity (Wildman–Crippen MR) is 81.9 cm³/mol. The molecule has 0 saturated heterocycles. The minimum atomic E-state index is -0.289. The summed E-state index contributed by atoms with van der Waals surface area (Å²) in [4.78, 5) is 0. The summed E-state index contributed by atoms with van der Waals surface area (Å²) in [6.45, 7) is 4.08. The van der Waals surface area contributed by atoms with Crippen molar-refractivity contribution in [2.75, 3.05) is 7.05 Å². The highest BCUT2D eigenvalue weighted by atomic mass is 14.9. The lowest BCUT2D eigenvalue weighted by atomic mass is 9.89. The van der Waals surface area contributed by atoms with Crippen molar-refractivity contribution >= 4 is 0 Å². The standard InChI is InChI=1S/C17H22N2/c1-17(2,18)16(19-3)15-11-9-14(10-12-15)13-7-5-4-6-8-13/h4-12,16,19H,18H2,1-3H3. The fraction of sp³-hybridized carbons (Fsp3) is 0.294. The summed E-state index contributed by atoms with van der Waals surface area (Å²) < 4.78 is 0. The first-order chi connectivity index (χ1) is 9.02. The fourth-order valence-corrected chi connectivity index (χ4v) is 2.47. The molecule has 19 heavy (non-hydrogen) atoms. The van der Waals surface area contributed by atoms with Gasteiger partial charge in [-0.2, -0.15) is 0 Å². The van der Waals surface area contributed by atoms with Gasteiger partial charge in [-0.05, 0) is 37.6 Å². The van der Waals surface area contributed by atoms with E-state index in [9.17, 15) is 0 Å². The van der Waals surface area contributed by atoms with Crippen LogP contribution in [0.15, 0.2) is 54.6 Å². The van der Waals surface area contributed by atoms with Crippen LogP contribution in [0, 0.1) is 0 Å². The summed E-state index contributed by atoms with van der Waals surface area (Å²) in [5, 5.41) is 3.29. The monoisotopic (exact) mass is 254 g/mol. The quantitative estimate of drug-likeness (QED) is 0.878. The molecule has 1 unspecified atom stereocenters. The van der Waals surface area contributed by atoms with Crippen LogP contribution in [0.25, 0.3) is 11.1 Å². The van der Waals surface area contributed by atoms with Gasteiger partial charge in [-0.15, -0.1) is 0 Å². The molecule has 0 spiro atoms. The van der Waals surface area contributed by atoms with E-state index in [4.69, 9.17) is 5.73 Å². The molecule has 0 aliphatic rings. The van der Waals surface area contributed by atoms with Crippen LogP contribution in [0.2, 0.25) is 0 Å². The Kier molecular flexibility index (Phi) is 4.03. The van der Waals surface area contributed by atoms with Gasteiger partial charge in [-0.25, -0.2) is 0 Å². The topological polar surface area (TPSA) is 38.0 Å². The maximum atomic E-state index is 6.21. The second-order valence-corrected chi connectivity index (χ2v) is 5.53. The molecule has 0 aliphatic carbocycles. The molecule has 0 aromatic heterocycles. The maximum Gasteiger partial charge on any atom is 0.0495 e. The zero-order chi connectivity index (χ0) is 13.9. The second kappa shape index (κ2) is 5.55. The minimum Gasteiger partial charge on any atom is -0.324 e. The van der Waals surface area contributed by atoms with E-state index in [1.54, 1.807) is 0 Å². The Morgan fingerprint density at radius 1 is 0.895 bits per heavy atom. The van der Waals surface area contributed by atoms with Gasteiger partial charge in [0.25, 0.3) is 0 Å². The molecular weight excluding hydrogens is 232 g/mol. The molecule has 0 heterocycles. The highest BCUT2D eigenvalue weighted by Gasteiger charge is 2.24. The van der Waals surface area contributed by atoms with Crippen molar-refractivity contribution in [3.05, 3.63) is 60.2 Å². The van der Waals surface area contributed by atoms with E-state index in [1.165, 1.54) is 16.7 Å². The Labute approximate surface area is 115 Å². The van der Waals surface area contributed by atoms with Crippen LogP contribution in [0.1, 0.15) is 25.5 Å². The van der Waals surface area contributed by atoms with Gasteiger partial charge in [0.15, 0.2) is 0 Å². The fourth-order valence-electron chi connectivity index (χ4n) is 2.47. The zero-order valence-electron chi connectivity index (χ0n) is 11.9. The van der Waals surface area contributed by atoms with Crippen molar-refractivity contribution in [3.8, 4) is 11.1 Å². The number of likely N-dealkylation sites (N-methyl/N-ethyl adjacent to an activating group) is 1. The molecule has 0 aliphatic heterocycles. The van der Waals surface area contributed by atoms with E-state index >= 15 is 0 Å². The van der Waals surface area contributed by atoms with E-state index in [0.717, 1.165) is 0 Å². The van der Waals surface area contributed by atoms with E-state index in [-0.39, 0.29) is 11.6 Å². The first kappa shape index (κ1) is 13.8. The Morgan fingerprint density at radius 3 is 1.89 bits per heavy atom. The molecule has 2 aromatic carbocycles. The lowest BCUT2D eigenvalue weighted by Crippen LogP contribution is -2.45. The molecule has 3 N–H and O–H groups in total. The highest BCUT2D eigenvalue weighted by Crippen LogP contribution is 2.26. The van der Waals surface area contributed by atoms with E-state index in [0.29, 0.717) is 0 Å². The molecule has 0 fully saturated rings. The van der Waals surface area contributed by atoms with Crippen LogP contribution in [0.3, 0.4) is 0 Å². The van der Waals surface area contributed by atoms with Gasteiger partial charge >= 0.3 is 0 Å². The summed E-state index contributed by atoms with van der Waals surface area (Å²) in [5.41, 5.74) is 9.61.